The van der Waals surface area contributed by atoms with Gasteiger partial charge in [-0.3, -0.25) is 0 Å². The summed E-state index contributed by atoms with van der Waals surface area (Å²) in [5, 5.41) is 3.73. The normalized spacial score (nSPS) is 28.5. The predicted molar refractivity (Wildman–Crippen MR) is 73.0 cm³/mol. The summed E-state index contributed by atoms with van der Waals surface area (Å²) in [7, 11) is -3.38. The second kappa shape index (κ2) is 5.25. The fourth-order valence-corrected chi connectivity index (χ4v) is 4.21. The van der Waals surface area contributed by atoms with Crippen molar-refractivity contribution in [1.29, 1.82) is 0 Å². The van der Waals surface area contributed by atoms with Crippen LogP contribution in [-0.2, 0) is 15.8 Å². The Kier molecular flexibility index (Phi) is 4.01. The van der Waals surface area contributed by atoms with Gasteiger partial charge in [0.05, 0.1) is 0 Å². The SMILES string of the molecule is Cc1conc1CS(=O)(=O)NC1(C)CCC(C)CC1. The van der Waals surface area contributed by atoms with Gasteiger partial charge in [0, 0.05) is 11.1 Å². The smallest absolute Gasteiger partial charge is 0.217 e. The van der Waals surface area contributed by atoms with Crippen molar-refractivity contribution < 1.29 is 12.9 Å². The van der Waals surface area contributed by atoms with Crippen LogP contribution in [0.5, 0.6) is 0 Å². The van der Waals surface area contributed by atoms with Gasteiger partial charge >= 0.3 is 0 Å². The molecule has 108 valence electrons. The molecule has 0 amide bonds. The van der Waals surface area contributed by atoms with Crippen LogP contribution in [-0.4, -0.2) is 19.1 Å². The first-order valence-electron chi connectivity index (χ1n) is 6.71. The zero-order chi connectivity index (χ0) is 14.1. The van der Waals surface area contributed by atoms with Gasteiger partial charge in [-0.05, 0) is 45.4 Å². The summed E-state index contributed by atoms with van der Waals surface area (Å²) in [5.74, 6) is 0.580. The third kappa shape index (κ3) is 3.79. The average molecular weight is 286 g/mol. The van der Waals surface area contributed by atoms with Crippen LogP contribution in [0.2, 0.25) is 0 Å². The van der Waals surface area contributed by atoms with E-state index in [-0.39, 0.29) is 11.3 Å². The molecule has 0 unspecified atom stereocenters. The number of nitrogens with one attached hydrogen (secondary N) is 1. The summed E-state index contributed by atoms with van der Waals surface area (Å²) >= 11 is 0. The fourth-order valence-electron chi connectivity index (χ4n) is 2.54. The molecule has 1 aromatic heterocycles. The molecule has 0 aromatic carbocycles. The van der Waals surface area contributed by atoms with Crippen LogP contribution < -0.4 is 4.72 Å². The molecule has 1 aliphatic carbocycles. The van der Waals surface area contributed by atoms with Crippen LogP contribution in [0.3, 0.4) is 0 Å². The van der Waals surface area contributed by atoms with E-state index in [9.17, 15) is 8.42 Å². The van der Waals surface area contributed by atoms with Crippen LogP contribution in [0.1, 0.15) is 50.8 Å². The molecule has 1 N–H and O–H groups in total. The Hall–Kier alpha value is -0.880. The van der Waals surface area contributed by atoms with Crippen molar-refractivity contribution in [2.75, 3.05) is 0 Å². The van der Waals surface area contributed by atoms with Gasteiger partial charge in [-0.2, -0.15) is 0 Å². The topological polar surface area (TPSA) is 72.2 Å². The summed E-state index contributed by atoms with van der Waals surface area (Å²) in [5.41, 5.74) is 0.941. The zero-order valence-corrected chi connectivity index (χ0v) is 12.6. The highest BCUT2D eigenvalue weighted by Crippen LogP contribution is 2.32. The minimum absolute atomic E-state index is 0.111. The van der Waals surface area contributed by atoms with Gasteiger partial charge < -0.3 is 4.52 Å². The van der Waals surface area contributed by atoms with E-state index in [2.05, 4.69) is 16.8 Å². The fraction of sp³-hybridized carbons (Fsp3) is 0.769. The zero-order valence-electron chi connectivity index (χ0n) is 11.8. The van der Waals surface area contributed by atoms with Gasteiger partial charge in [-0.1, -0.05) is 12.1 Å². The maximum absolute atomic E-state index is 12.2. The van der Waals surface area contributed by atoms with E-state index < -0.39 is 10.0 Å². The molecule has 1 fully saturated rings. The lowest BCUT2D eigenvalue weighted by atomic mass is 9.79. The van der Waals surface area contributed by atoms with Crippen molar-refractivity contribution in [2.45, 2.75) is 57.7 Å². The lowest BCUT2D eigenvalue weighted by Crippen LogP contribution is -2.48. The lowest BCUT2D eigenvalue weighted by Gasteiger charge is -2.36. The number of hydrogen-bond acceptors (Lipinski definition) is 4. The highest BCUT2D eigenvalue weighted by Gasteiger charge is 2.33. The molecule has 0 radical (unpaired) electrons. The number of aryl methyl sites for hydroxylation is 1. The van der Waals surface area contributed by atoms with Crippen molar-refractivity contribution in [2.24, 2.45) is 5.92 Å². The average Bonchev–Trinajstić information content (AvgIpc) is 2.68. The molecule has 1 aliphatic rings. The molecule has 1 aromatic rings. The third-order valence-electron chi connectivity index (χ3n) is 3.95. The highest BCUT2D eigenvalue weighted by molar-refractivity contribution is 7.88. The van der Waals surface area contributed by atoms with Crippen LogP contribution in [0.15, 0.2) is 10.8 Å². The number of rotatable bonds is 4. The standard InChI is InChI=1S/C13H22N2O3S/c1-10-4-6-13(3,7-5-10)15-19(16,17)9-12-11(2)8-18-14-12/h8,10,15H,4-7,9H2,1-3H3. The van der Waals surface area contributed by atoms with E-state index in [0.717, 1.165) is 31.2 Å². The van der Waals surface area contributed by atoms with Crippen molar-refractivity contribution in [1.82, 2.24) is 9.88 Å². The Balaban J connectivity index is 2.03. The molecule has 0 bridgehead atoms. The molecule has 1 heterocycles. The van der Waals surface area contributed by atoms with Gasteiger partial charge in [0.2, 0.25) is 10.0 Å². The Bertz CT molecular complexity index is 528. The van der Waals surface area contributed by atoms with Gasteiger partial charge in [0.25, 0.3) is 0 Å². The monoisotopic (exact) mass is 286 g/mol. The predicted octanol–water partition coefficient (Wildman–Crippen LogP) is 2.37. The van der Waals surface area contributed by atoms with Crippen LogP contribution in [0.4, 0.5) is 0 Å². The molecular weight excluding hydrogens is 264 g/mol. The van der Waals surface area contributed by atoms with Gasteiger partial charge in [-0.25, -0.2) is 13.1 Å². The molecule has 0 saturated heterocycles. The van der Waals surface area contributed by atoms with Gasteiger partial charge in [-0.15, -0.1) is 0 Å². The first-order valence-corrected chi connectivity index (χ1v) is 8.36. The Morgan fingerprint density at radius 3 is 2.63 bits per heavy atom. The molecule has 1 saturated carbocycles. The molecule has 2 rings (SSSR count). The summed E-state index contributed by atoms with van der Waals surface area (Å²) in [4.78, 5) is 0. The van der Waals surface area contributed by atoms with E-state index >= 15 is 0 Å². The molecular formula is C13H22N2O3S. The maximum Gasteiger partial charge on any atom is 0.217 e. The third-order valence-corrected chi connectivity index (χ3v) is 5.41. The first-order chi connectivity index (χ1) is 8.80. The first kappa shape index (κ1) is 14.5. The van der Waals surface area contributed by atoms with Crippen LogP contribution >= 0.6 is 0 Å². The van der Waals surface area contributed by atoms with E-state index in [0.29, 0.717) is 11.6 Å². The van der Waals surface area contributed by atoms with Gasteiger partial charge in [0.15, 0.2) is 0 Å². The van der Waals surface area contributed by atoms with E-state index in [1.54, 1.807) is 6.92 Å². The largest absolute Gasteiger partial charge is 0.364 e. The van der Waals surface area contributed by atoms with Crippen molar-refractivity contribution in [3.63, 3.8) is 0 Å². The van der Waals surface area contributed by atoms with Gasteiger partial charge in [0.1, 0.15) is 17.7 Å². The minimum Gasteiger partial charge on any atom is -0.364 e. The Labute approximate surface area is 114 Å². The maximum atomic E-state index is 12.2. The molecule has 0 atom stereocenters. The van der Waals surface area contributed by atoms with E-state index in [1.807, 2.05) is 6.92 Å². The Morgan fingerprint density at radius 2 is 2.11 bits per heavy atom. The summed E-state index contributed by atoms with van der Waals surface area (Å²) in [6.07, 6.45) is 5.40. The molecule has 0 aliphatic heterocycles. The number of hydrogen-bond donors (Lipinski definition) is 1. The van der Waals surface area contributed by atoms with Crippen molar-refractivity contribution >= 4 is 10.0 Å². The van der Waals surface area contributed by atoms with E-state index in [1.165, 1.54) is 6.26 Å². The number of nitrogens with zero attached hydrogens (tertiary/aromatic N) is 1. The molecule has 5 nitrogen and oxygen atoms in total. The summed E-state index contributed by atoms with van der Waals surface area (Å²) in [6, 6.07) is 0. The van der Waals surface area contributed by atoms with Crippen LogP contribution in [0, 0.1) is 12.8 Å². The van der Waals surface area contributed by atoms with Crippen molar-refractivity contribution in [3.05, 3.63) is 17.5 Å². The highest BCUT2D eigenvalue weighted by atomic mass is 32.2. The van der Waals surface area contributed by atoms with Crippen LogP contribution in [0.25, 0.3) is 0 Å². The minimum atomic E-state index is -3.38. The number of sulfonamides is 1. The van der Waals surface area contributed by atoms with E-state index in [4.69, 9.17) is 4.52 Å². The Morgan fingerprint density at radius 1 is 1.47 bits per heavy atom. The molecule has 19 heavy (non-hydrogen) atoms. The molecule has 0 spiro atoms. The second-order valence-electron chi connectivity index (χ2n) is 6.05. The summed E-state index contributed by atoms with van der Waals surface area (Å²) in [6.45, 7) is 6.00. The number of aromatic nitrogens is 1. The molecule has 6 heteroatoms. The second-order valence-corrected chi connectivity index (χ2v) is 7.77. The quantitative estimate of drug-likeness (QED) is 0.922. The summed E-state index contributed by atoms with van der Waals surface area (Å²) < 4.78 is 32.1. The van der Waals surface area contributed by atoms with Crippen molar-refractivity contribution in [3.8, 4) is 0 Å². The lowest BCUT2D eigenvalue weighted by molar-refractivity contribution is 0.244.